The lowest BCUT2D eigenvalue weighted by atomic mass is 10.2. The molecule has 8 heteroatoms. The lowest BCUT2D eigenvalue weighted by molar-refractivity contribution is 0.0767. The number of hydrogen-bond donors (Lipinski definition) is 1. The summed E-state index contributed by atoms with van der Waals surface area (Å²) in [6.45, 7) is 5.93. The predicted octanol–water partition coefficient (Wildman–Crippen LogP) is 3.18. The Morgan fingerprint density at radius 3 is 2.69 bits per heavy atom. The third kappa shape index (κ3) is 6.15. The van der Waals surface area contributed by atoms with Crippen LogP contribution in [0.4, 0.5) is 0 Å². The number of fused-ring (bicyclic) bond motifs is 1. The summed E-state index contributed by atoms with van der Waals surface area (Å²) in [5, 5.41) is 2.89. The van der Waals surface area contributed by atoms with E-state index >= 15 is 0 Å². The Morgan fingerprint density at radius 1 is 1.03 bits per heavy atom. The highest BCUT2D eigenvalue weighted by Gasteiger charge is 2.23. The molecule has 1 fully saturated rings. The summed E-state index contributed by atoms with van der Waals surface area (Å²) in [5.41, 5.74) is 1.09. The second kappa shape index (κ2) is 10.8. The van der Waals surface area contributed by atoms with Crippen molar-refractivity contribution >= 4 is 5.91 Å². The van der Waals surface area contributed by atoms with E-state index in [2.05, 4.69) is 22.2 Å². The van der Waals surface area contributed by atoms with Crippen LogP contribution in [0.2, 0.25) is 0 Å². The van der Waals surface area contributed by atoms with Crippen LogP contribution in [0.5, 0.6) is 17.2 Å². The summed E-state index contributed by atoms with van der Waals surface area (Å²) >= 11 is 0. The van der Waals surface area contributed by atoms with Gasteiger partial charge in [-0.05, 0) is 36.9 Å². The van der Waals surface area contributed by atoms with Gasteiger partial charge >= 0.3 is 0 Å². The molecule has 0 radical (unpaired) electrons. The molecule has 35 heavy (non-hydrogen) atoms. The van der Waals surface area contributed by atoms with Crippen LogP contribution in [0, 0.1) is 0 Å². The highest BCUT2D eigenvalue weighted by molar-refractivity contribution is 5.91. The molecule has 8 nitrogen and oxygen atoms in total. The number of benzene rings is 2. The highest BCUT2D eigenvalue weighted by Crippen LogP contribution is 2.35. The van der Waals surface area contributed by atoms with Gasteiger partial charge in [-0.25, -0.2) is 0 Å². The molecule has 1 aromatic heterocycles. The van der Waals surface area contributed by atoms with Crippen molar-refractivity contribution in [2.45, 2.75) is 19.3 Å². The first-order valence-electron chi connectivity index (χ1n) is 12.0. The van der Waals surface area contributed by atoms with Crippen LogP contribution in [-0.4, -0.2) is 68.2 Å². The Bertz CT molecular complexity index is 1120. The maximum atomic E-state index is 12.6. The van der Waals surface area contributed by atoms with Gasteiger partial charge in [0.2, 0.25) is 0 Å². The molecule has 2 aliphatic heterocycles. The van der Waals surface area contributed by atoms with Crippen molar-refractivity contribution in [2.24, 2.45) is 0 Å². The molecule has 1 saturated heterocycles. The summed E-state index contributed by atoms with van der Waals surface area (Å²) < 4.78 is 23.6. The second-order valence-electron chi connectivity index (χ2n) is 8.99. The van der Waals surface area contributed by atoms with Gasteiger partial charge in [-0.15, -0.1) is 0 Å². The van der Waals surface area contributed by atoms with E-state index in [-0.39, 0.29) is 12.0 Å². The van der Waals surface area contributed by atoms with Crippen molar-refractivity contribution in [2.75, 3.05) is 46.4 Å². The van der Waals surface area contributed by atoms with E-state index in [1.54, 1.807) is 6.07 Å². The van der Waals surface area contributed by atoms with Crippen molar-refractivity contribution in [1.29, 1.82) is 0 Å². The number of carbonyl (C=O) groups excluding carboxylic acids is 1. The smallest absolute Gasteiger partial charge is 0.287 e. The van der Waals surface area contributed by atoms with E-state index in [9.17, 15) is 4.79 Å². The van der Waals surface area contributed by atoms with Crippen LogP contribution in [0.1, 0.15) is 21.9 Å². The standard InChI is InChI=1S/C27H31N3O5/c1-29-11-13-30(14-12-29)17-22-8-10-25(34-22)27(31)28-16-23-19-33-24-9-7-21(15-26(24)35-23)32-18-20-5-3-2-4-6-20/h2-10,15,23H,11-14,16-19H2,1H3,(H,28,31). The number of amides is 1. The summed E-state index contributed by atoms with van der Waals surface area (Å²) in [4.78, 5) is 17.3. The maximum Gasteiger partial charge on any atom is 0.287 e. The molecule has 3 heterocycles. The first kappa shape index (κ1) is 23.3. The van der Waals surface area contributed by atoms with Gasteiger partial charge in [0.15, 0.2) is 17.3 Å². The Hall–Kier alpha value is -3.49. The fourth-order valence-electron chi connectivity index (χ4n) is 4.13. The van der Waals surface area contributed by atoms with Gasteiger partial charge in [0.05, 0.1) is 13.1 Å². The summed E-state index contributed by atoms with van der Waals surface area (Å²) in [5.74, 6) is 2.82. The molecule has 1 amide bonds. The lowest BCUT2D eigenvalue weighted by Crippen LogP contribution is -2.43. The molecule has 2 aromatic carbocycles. The first-order chi connectivity index (χ1) is 17.1. The van der Waals surface area contributed by atoms with E-state index in [1.807, 2.05) is 54.6 Å². The Kier molecular flexibility index (Phi) is 7.20. The van der Waals surface area contributed by atoms with Crippen LogP contribution in [-0.2, 0) is 13.2 Å². The van der Waals surface area contributed by atoms with Crippen molar-refractivity contribution in [3.05, 3.63) is 77.7 Å². The Labute approximate surface area is 205 Å². The van der Waals surface area contributed by atoms with Crippen LogP contribution in [0.15, 0.2) is 65.1 Å². The summed E-state index contributed by atoms with van der Waals surface area (Å²) in [7, 11) is 2.13. The van der Waals surface area contributed by atoms with Crippen LogP contribution in [0.25, 0.3) is 0 Å². The van der Waals surface area contributed by atoms with Crippen LogP contribution >= 0.6 is 0 Å². The zero-order chi connectivity index (χ0) is 24.0. The van der Waals surface area contributed by atoms with Gasteiger partial charge < -0.3 is 28.8 Å². The minimum Gasteiger partial charge on any atom is -0.489 e. The fourth-order valence-corrected chi connectivity index (χ4v) is 4.13. The number of likely N-dealkylation sites (N-methyl/N-ethyl adjacent to an activating group) is 1. The molecule has 1 unspecified atom stereocenters. The van der Waals surface area contributed by atoms with Gasteiger partial charge in [0.25, 0.3) is 5.91 Å². The molecule has 184 valence electrons. The average molecular weight is 478 g/mol. The molecule has 0 saturated carbocycles. The molecular weight excluding hydrogens is 446 g/mol. The SMILES string of the molecule is CN1CCN(Cc2ccc(C(=O)NCC3COc4ccc(OCc5ccccc5)cc4O3)o2)CC1. The van der Waals surface area contributed by atoms with Gasteiger partial charge in [-0.2, -0.15) is 0 Å². The normalized spacial score (nSPS) is 18.3. The number of ether oxygens (including phenoxy) is 3. The molecule has 0 bridgehead atoms. The summed E-state index contributed by atoms with van der Waals surface area (Å²) in [6, 6.07) is 19.1. The molecule has 3 aromatic rings. The van der Waals surface area contributed by atoms with Crippen molar-refractivity contribution in [3.63, 3.8) is 0 Å². The third-order valence-electron chi connectivity index (χ3n) is 6.23. The highest BCUT2D eigenvalue weighted by atomic mass is 16.6. The number of rotatable bonds is 8. The first-order valence-corrected chi connectivity index (χ1v) is 12.0. The maximum absolute atomic E-state index is 12.6. The predicted molar refractivity (Wildman–Crippen MR) is 131 cm³/mol. The number of nitrogens with zero attached hydrogens (tertiary/aromatic N) is 2. The molecule has 2 aliphatic rings. The van der Waals surface area contributed by atoms with Crippen molar-refractivity contribution in [3.8, 4) is 17.2 Å². The Balaban J connectivity index is 1.10. The van der Waals surface area contributed by atoms with Crippen molar-refractivity contribution in [1.82, 2.24) is 15.1 Å². The van der Waals surface area contributed by atoms with E-state index in [0.717, 1.165) is 37.5 Å². The lowest BCUT2D eigenvalue weighted by Gasteiger charge is -2.31. The minimum atomic E-state index is -0.310. The number of furan rings is 1. The van der Waals surface area contributed by atoms with E-state index < -0.39 is 0 Å². The van der Waals surface area contributed by atoms with Gasteiger partial charge in [-0.3, -0.25) is 9.69 Å². The molecule has 5 rings (SSSR count). The number of piperazine rings is 1. The molecule has 1 atom stereocenters. The number of nitrogens with one attached hydrogen (secondary N) is 1. The van der Waals surface area contributed by atoms with Crippen LogP contribution in [0.3, 0.4) is 0 Å². The largest absolute Gasteiger partial charge is 0.489 e. The molecular formula is C27H31N3O5. The topological polar surface area (TPSA) is 76.4 Å². The molecule has 0 aliphatic carbocycles. The summed E-state index contributed by atoms with van der Waals surface area (Å²) in [6.07, 6.45) is -0.310. The quantitative estimate of drug-likeness (QED) is 0.534. The zero-order valence-electron chi connectivity index (χ0n) is 19.9. The zero-order valence-corrected chi connectivity index (χ0v) is 19.9. The van der Waals surface area contributed by atoms with Crippen LogP contribution < -0.4 is 19.5 Å². The second-order valence-corrected chi connectivity index (χ2v) is 8.99. The molecule has 0 spiro atoms. The fraction of sp³-hybridized carbons (Fsp3) is 0.370. The number of carbonyl (C=O) groups is 1. The van der Waals surface area contributed by atoms with E-state index in [1.165, 1.54) is 0 Å². The van der Waals surface area contributed by atoms with Gasteiger partial charge in [0, 0.05) is 32.2 Å². The van der Waals surface area contributed by atoms with E-state index in [4.69, 9.17) is 18.6 Å². The average Bonchev–Trinajstić information content (AvgIpc) is 3.36. The minimum absolute atomic E-state index is 0.260. The molecule has 1 N–H and O–H groups in total. The van der Waals surface area contributed by atoms with E-state index in [0.29, 0.717) is 49.3 Å². The monoisotopic (exact) mass is 477 g/mol. The van der Waals surface area contributed by atoms with Gasteiger partial charge in [-0.1, -0.05) is 30.3 Å². The van der Waals surface area contributed by atoms with Gasteiger partial charge in [0.1, 0.15) is 30.8 Å². The third-order valence-corrected chi connectivity index (χ3v) is 6.23. The van der Waals surface area contributed by atoms with Crippen molar-refractivity contribution < 1.29 is 23.4 Å². The number of hydrogen-bond acceptors (Lipinski definition) is 7. The Morgan fingerprint density at radius 2 is 1.86 bits per heavy atom.